The smallest absolute Gasteiger partial charge is 0.303 e. The van der Waals surface area contributed by atoms with E-state index in [0.29, 0.717) is 12.8 Å². The Balaban J connectivity index is 2.39. The van der Waals surface area contributed by atoms with Gasteiger partial charge in [0.05, 0.1) is 6.10 Å². The standard InChI is InChI=1S/C20H30O4/c1-2-3-6-10-17(21)13-14-18-16(12-15-19(18)22)9-7-4-5-8-11-20(23)24/h4,7,12,14-17,21H,2-3,5-6,8-11,13H2,1H3,(H,23,24)/b7-4+,18-14+. The van der Waals surface area contributed by atoms with Gasteiger partial charge in [-0.1, -0.05) is 50.5 Å². The maximum absolute atomic E-state index is 11.9. The summed E-state index contributed by atoms with van der Waals surface area (Å²) in [6.45, 7) is 2.14. The van der Waals surface area contributed by atoms with Crippen LogP contribution in [0, 0.1) is 5.92 Å². The van der Waals surface area contributed by atoms with Crippen molar-refractivity contribution in [1.29, 1.82) is 0 Å². The molecule has 0 aromatic rings. The van der Waals surface area contributed by atoms with E-state index in [1.165, 1.54) is 0 Å². The van der Waals surface area contributed by atoms with Crippen LogP contribution in [0.15, 0.2) is 36.0 Å². The first-order valence-electron chi connectivity index (χ1n) is 9.02. The van der Waals surface area contributed by atoms with Crippen molar-refractivity contribution in [2.45, 2.75) is 70.8 Å². The molecule has 4 heteroatoms. The molecule has 134 valence electrons. The molecule has 0 aromatic carbocycles. The van der Waals surface area contributed by atoms with Gasteiger partial charge in [-0.25, -0.2) is 0 Å². The van der Waals surface area contributed by atoms with Crippen molar-refractivity contribution in [2.24, 2.45) is 5.92 Å². The van der Waals surface area contributed by atoms with E-state index in [1.54, 1.807) is 6.08 Å². The average molecular weight is 334 g/mol. The zero-order valence-electron chi connectivity index (χ0n) is 14.6. The molecule has 0 spiro atoms. The van der Waals surface area contributed by atoms with Gasteiger partial charge in [0.25, 0.3) is 0 Å². The Hall–Kier alpha value is -1.68. The molecule has 0 fully saturated rings. The summed E-state index contributed by atoms with van der Waals surface area (Å²) in [5, 5.41) is 18.6. The number of aliphatic hydroxyl groups is 1. The molecule has 2 N–H and O–H groups in total. The number of aliphatic carboxylic acids is 1. The number of carboxylic acid groups (broad SMARTS) is 1. The van der Waals surface area contributed by atoms with E-state index in [2.05, 4.69) is 6.92 Å². The van der Waals surface area contributed by atoms with Gasteiger partial charge in [0.2, 0.25) is 0 Å². The molecular weight excluding hydrogens is 304 g/mol. The summed E-state index contributed by atoms with van der Waals surface area (Å²) >= 11 is 0. The van der Waals surface area contributed by atoms with E-state index in [9.17, 15) is 14.7 Å². The third-order valence-corrected chi connectivity index (χ3v) is 4.23. The molecule has 4 nitrogen and oxygen atoms in total. The predicted octanol–water partition coefficient (Wildman–Crippen LogP) is 4.20. The fourth-order valence-corrected chi connectivity index (χ4v) is 2.79. The van der Waals surface area contributed by atoms with Crippen molar-refractivity contribution in [3.63, 3.8) is 0 Å². The minimum Gasteiger partial charge on any atom is -0.481 e. The van der Waals surface area contributed by atoms with Crippen molar-refractivity contribution >= 4 is 11.8 Å². The first-order chi connectivity index (χ1) is 11.5. The minimum atomic E-state index is -0.768. The third kappa shape index (κ3) is 8.25. The first-order valence-corrected chi connectivity index (χ1v) is 9.02. The highest BCUT2D eigenvalue weighted by Crippen LogP contribution is 2.26. The lowest BCUT2D eigenvalue weighted by Gasteiger charge is -2.11. The Labute approximate surface area is 145 Å². The van der Waals surface area contributed by atoms with E-state index >= 15 is 0 Å². The highest BCUT2D eigenvalue weighted by molar-refractivity contribution is 6.07. The summed E-state index contributed by atoms with van der Waals surface area (Å²) in [6, 6.07) is 0. The Morgan fingerprint density at radius 3 is 2.79 bits per heavy atom. The van der Waals surface area contributed by atoms with Gasteiger partial charge < -0.3 is 10.2 Å². The number of ketones is 1. The second-order valence-corrected chi connectivity index (χ2v) is 6.37. The zero-order valence-corrected chi connectivity index (χ0v) is 14.6. The van der Waals surface area contributed by atoms with Crippen LogP contribution in [0.1, 0.15) is 64.7 Å². The third-order valence-electron chi connectivity index (χ3n) is 4.23. The summed E-state index contributed by atoms with van der Waals surface area (Å²) in [5.41, 5.74) is 0.778. The van der Waals surface area contributed by atoms with Crippen LogP contribution in [0.25, 0.3) is 0 Å². The van der Waals surface area contributed by atoms with Crippen LogP contribution < -0.4 is 0 Å². The predicted molar refractivity (Wildman–Crippen MR) is 95.7 cm³/mol. The monoisotopic (exact) mass is 334 g/mol. The Morgan fingerprint density at radius 1 is 1.29 bits per heavy atom. The molecule has 0 saturated carbocycles. The lowest BCUT2D eigenvalue weighted by molar-refractivity contribution is -0.137. The lowest BCUT2D eigenvalue weighted by Crippen LogP contribution is -2.08. The van der Waals surface area contributed by atoms with Crippen molar-refractivity contribution in [2.75, 3.05) is 0 Å². The van der Waals surface area contributed by atoms with Crippen LogP contribution >= 0.6 is 0 Å². The van der Waals surface area contributed by atoms with E-state index in [4.69, 9.17) is 5.11 Å². The molecule has 1 rings (SSSR count). The molecule has 2 atom stereocenters. The van der Waals surface area contributed by atoms with Gasteiger partial charge in [-0.2, -0.15) is 0 Å². The molecule has 0 heterocycles. The zero-order chi connectivity index (χ0) is 17.8. The van der Waals surface area contributed by atoms with E-state index < -0.39 is 5.97 Å². The number of aliphatic hydroxyl groups excluding tert-OH is 1. The topological polar surface area (TPSA) is 74.6 Å². The first kappa shape index (κ1) is 20.4. The molecular formula is C20H30O4. The number of rotatable bonds is 12. The van der Waals surface area contributed by atoms with Gasteiger partial charge in [0.15, 0.2) is 5.78 Å². The average Bonchev–Trinajstić information content (AvgIpc) is 2.89. The highest BCUT2D eigenvalue weighted by Gasteiger charge is 2.21. The van der Waals surface area contributed by atoms with E-state index in [-0.39, 0.29) is 24.2 Å². The van der Waals surface area contributed by atoms with Gasteiger partial charge in [-0.15, -0.1) is 0 Å². The van der Waals surface area contributed by atoms with Crippen molar-refractivity contribution in [3.8, 4) is 0 Å². The maximum atomic E-state index is 11.9. The summed E-state index contributed by atoms with van der Waals surface area (Å²) < 4.78 is 0. The molecule has 0 aliphatic heterocycles. The molecule has 0 aromatic heterocycles. The largest absolute Gasteiger partial charge is 0.481 e. The molecule has 0 radical (unpaired) electrons. The number of carboxylic acids is 1. The van der Waals surface area contributed by atoms with Crippen molar-refractivity contribution in [1.82, 2.24) is 0 Å². The number of hydrogen-bond acceptors (Lipinski definition) is 3. The van der Waals surface area contributed by atoms with Crippen LogP contribution in [-0.4, -0.2) is 28.1 Å². The summed E-state index contributed by atoms with van der Waals surface area (Å²) in [6.07, 6.45) is 16.0. The second kappa shape index (κ2) is 11.8. The molecule has 24 heavy (non-hydrogen) atoms. The summed E-state index contributed by atoms with van der Waals surface area (Å²) in [5.74, 6) is -0.647. The normalized spacial score (nSPS) is 20.3. The van der Waals surface area contributed by atoms with Gasteiger partial charge in [-0.05, 0) is 38.2 Å². The minimum absolute atomic E-state index is 0.0417. The van der Waals surface area contributed by atoms with Gasteiger partial charge in [-0.3, -0.25) is 9.59 Å². The van der Waals surface area contributed by atoms with E-state index in [1.807, 2.05) is 24.3 Å². The Kier molecular flexibility index (Phi) is 10.0. The number of unbranched alkanes of at least 4 members (excludes halogenated alkanes) is 3. The summed E-state index contributed by atoms with van der Waals surface area (Å²) in [4.78, 5) is 22.4. The lowest BCUT2D eigenvalue weighted by atomic mass is 9.95. The molecule has 0 bridgehead atoms. The number of carbonyl (C=O) groups excluding carboxylic acids is 1. The van der Waals surface area contributed by atoms with Crippen molar-refractivity contribution < 1.29 is 19.8 Å². The molecule has 0 saturated heterocycles. The van der Waals surface area contributed by atoms with Crippen LogP contribution in [0.5, 0.6) is 0 Å². The quantitative estimate of drug-likeness (QED) is 0.319. The van der Waals surface area contributed by atoms with Crippen LogP contribution in [0.3, 0.4) is 0 Å². The summed E-state index contributed by atoms with van der Waals surface area (Å²) in [7, 11) is 0. The van der Waals surface area contributed by atoms with Crippen LogP contribution in [0.4, 0.5) is 0 Å². The molecule has 2 unspecified atom stereocenters. The number of hydrogen-bond donors (Lipinski definition) is 2. The van der Waals surface area contributed by atoms with Crippen LogP contribution in [0.2, 0.25) is 0 Å². The van der Waals surface area contributed by atoms with Gasteiger partial charge >= 0.3 is 5.97 Å². The number of allylic oxidation sites excluding steroid dienone is 5. The maximum Gasteiger partial charge on any atom is 0.303 e. The molecule has 1 aliphatic rings. The Bertz CT molecular complexity index is 488. The fourth-order valence-electron chi connectivity index (χ4n) is 2.79. The van der Waals surface area contributed by atoms with Gasteiger partial charge in [0.1, 0.15) is 0 Å². The van der Waals surface area contributed by atoms with E-state index in [0.717, 1.165) is 44.1 Å². The van der Waals surface area contributed by atoms with Crippen molar-refractivity contribution in [3.05, 3.63) is 36.0 Å². The van der Waals surface area contributed by atoms with Crippen LogP contribution in [-0.2, 0) is 9.59 Å². The van der Waals surface area contributed by atoms with Gasteiger partial charge in [0, 0.05) is 17.9 Å². The SMILES string of the molecule is CCCCCC(O)C/C=C1/C(=O)C=CC1C/C=C/CCCC(=O)O. The highest BCUT2D eigenvalue weighted by atomic mass is 16.4. The molecule has 1 aliphatic carbocycles. The number of carbonyl (C=O) groups is 2. The fraction of sp³-hybridized carbons (Fsp3) is 0.600. The second-order valence-electron chi connectivity index (χ2n) is 6.37. The Morgan fingerprint density at radius 2 is 2.08 bits per heavy atom. The molecule has 0 amide bonds.